The van der Waals surface area contributed by atoms with Gasteiger partial charge in [-0.15, -0.1) is 11.8 Å². The first-order valence-electron chi connectivity index (χ1n) is 8.47. The summed E-state index contributed by atoms with van der Waals surface area (Å²) in [6, 6.07) is 3.31. The van der Waals surface area contributed by atoms with Gasteiger partial charge in [0, 0.05) is 17.7 Å². The largest absolute Gasteiger partial charge is 0.456 e. The standard InChI is InChI=1S/C19H23NO4S/c1-11-7-12(2)17(13(3)8-11)15(21)9-24-18(23)14-10-25-19(4)6-5-16(22)20(14)19/h7-8,14H,5-6,9-10H2,1-4H3/t14-,19-/m1/s1. The van der Waals surface area contributed by atoms with E-state index in [4.69, 9.17) is 4.74 Å². The molecule has 0 unspecified atom stereocenters. The van der Waals surface area contributed by atoms with E-state index in [1.54, 1.807) is 16.7 Å². The molecular formula is C19H23NO4S. The van der Waals surface area contributed by atoms with Crippen LogP contribution in [-0.2, 0) is 14.3 Å². The molecule has 1 aromatic carbocycles. The maximum atomic E-state index is 12.5. The second kappa shape index (κ2) is 6.48. The van der Waals surface area contributed by atoms with Crippen LogP contribution in [0, 0.1) is 20.8 Å². The molecule has 1 amide bonds. The fraction of sp³-hybridized carbons (Fsp3) is 0.526. The maximum Gasteiger partial charge on any atom is 0.330 e. The summed E-state index contributed by atoms with van der Waals surface area (Å²) in [5, 5.41) is 0. The number of Topliss-reactive ketones (excluding diaryl/α,β-unsaturated/α-hetero) is 1. The number of carbonyl (C=O) groups is 3. The highest BCUT2D eigenvalue weighted by molar-refractivity contribution is 8.01. The summed E-state index contributed by atoms with van der Waals surface area (Å²) in [4.78, 5) is 38.4. The number of amides is 1. The average Bonchev–Trinajstić information content (AvgIpc) is 3.00. The van der Waals surface area contributed by atoms with Gasteiger partial charge in [0.15, 0.2) is 6.61 Å². The minimum atomic E-state index is -0.585. The number of hydrogen-bond donors (Lipinski definition) is 0. The first-order valence-corrected chi connectivity index (χ1v) is 9.45. The van der Waals surface area contributed by atoms with E-state index in [9.17, 15) is 14.4 Å². The summed E-state index contributed by atoms with van der Waals surface area (Å²) in [5.74, 6) is -0.171. The molecule has 0 aromatic heterocycles. The molecule has 0 saturated carbocycles. The van der Waals surface area contributed by atoms with Crippen molar-refractivity contribution in [3.63, 3.8) is 0 Å². The van der Waals surface area contributed by atoms with Gasteiger partial charge in [0.05, 0.1) is 4.87 Å². The molecule has 0 bridgehead atoms. The van der Waals surface area contributed by atoms with Crippen molar-refractivity contribution in [2.75, 3.05) is 12.4 Å². The number of rotatable bonds is 4. The Morgan fingerprint density at radius 3 is 2.56 bits per heavy atom. The van der Waals surface area contributed by atoms with E-state index in [2.05, 4.69) is 0 Å². The van der Waals surface area contributed by atoms with Crippen LogP contribution >= 0.6 is 11.8 Å². The van der Waals surface area contributed by atoms with Crippen LogP contribution in [0.4, 0.5) is 0 Å². The van der Waals surface area contributed by atoms with Crippen molar-refractivity contribution in [2.24, 2.45) is 0 Å². The van der Waals surface area contributed by atoms with E-state index >= 15 is 0 Å². The normalized spacial score (nSPS) is 25.2. The van der Waals surface area contributed by atoms with Crippen molar-refractivity contribution >= 4 is 29.4 Å². The third-order valence-corrected chi connectivity index (χ3v) is 6.52. The predicted octanol–water partition coefficient (Wildman–Crippen LogP) is 2.79. The van der Waals surface area contributed by atoms with E-state index in [-0.39, 0.29) is 23.2 Å². The minimum Gasteiger partial charge on any atom is -0.456 e. The number of thioether (sulfide) groups is 1. The van der Waals surface area contributed by atoms with Crippen LogP contribution in [0.2, 0.25) is 0 Å². The summed E-state index contributed by atoms with van der Waals surface area (Å²) in [6.45, 7) is 7.45. The van der Waals surface area contributed by atoms with Crippen LogP contribution < -0.4 is 0 Å². The van der Waals surface area contributed by atoms with Gasteiger partial charge < -0.3 is 9.64 Å². The summed E-state index contributed by atoms with van der Waals surface area (Å²) in [6.07, 6.45) is 1.22. The Hall–Kier alpha value is -1.82. The van der Waals surface area contributed by atoms with E-state index in [0.29, 0.717) is 17.7 Å². The summed E-state index contributed by atoms with van der Waals surface area (Å²) in [7, 11) is 0. The summed E-state index contributed by atoms with van der Waals surface area (Å²) in [5.41, 5.74) is 3.48. The molecule has 2 aliphatic heterocycles. The van der Waals surface area contributed by atoms with E-state index in [0.717, 1.165) is 23.1 Å². The quantitative estimate of drug-likeness (QED) is 0.609. The van der Waals surface area contributed by atoms with Gasteiger partial charge in [0.25, 0.3) is 0 Å². The van der Waals surface area contributed by atoms with Crippen molar-refractivity contribution in [3.8, 4) is 0 Å². The van der Waals surface area contributed by atoms with E-state index in [1.807, 2.05) is 39.8 Å². The number of ether oxygens (including phenoxy) is 1. The SMILES string of the molecule is Cc1cc(C)c(C(=O)COC(=O)[C@H]2CS[C@]3(C)CCC(=O)N23)c(C)c1. The van der Waals surface area contributed by atoms with Gasteiger partial charge in [0.1, 0.15) is 6.04 Å². The lowest BCUT2D eigenvalue weighted by Crippen LogP contribution is -2.46. The Balaban J connectivity index is 1.67. The Morgan fingerprint density at radius 1 is 1.28 bits per heavy atom. The number of nitrogens with zero attached hydrogens (tertiary/aromatic N) is 1. The Bertz CT molecular complexity index is 737. The van der Waals surface area contributed by atoms with Crippen molar-refractivity contribution in [1.29, 1.82) is 0 Å². The first-order chi connectivity index (χ1) is 11.7. The fourth-order valence-corrected chi connectivity index (χ4v) is 5.34. The van der Waals surface area contributed by atoms with Gasteiger partial charge in [-0.1, -0.05) is 17.7 Å². The zero-order chi connectivity index (χ0) is 18.4. The van der Waals surface area contributed by atoms with Crippen LogP contribution in [0.3, 0.4) is 0 Å². The smallest absolute Gasteiger partial charge is 0.330 e. The summed E-state index contributed by atoms with van der Waals surface area (Å²) < 4.78 is 5.29. The van der Waals surface area contributed by atoms with Crippen LogP contribution in [0.25, 0.3) is 0 Å². The van der Waals surface area contributed by atoms with Crippen molar-refractivity contribution in [1.82, 2.24) is 4.90 Å². The molecule has 2 aliphatic rings. The van der Waals surface area contributed by atoms with Crippen LogP contribution in [-0.4, -0.2) is 45.8 Å². The highest BCUT2D eigenvalue weighted by Gasteiger charge is 2.53. The molecule has 0 N–H and O–H groups in total. The number of benzene rings is 1. The molecule has 25 heavy (non-hydrogen) atoms. The highest BCUT2D eigenvalue weighted by Crippen LogP contribution is 2.47. The van der Waals surface area contributed by atoms with Crippen LogP contribution in [0.1, 0.15) is 46.8 Å². The minimum absolute atomic E-state index is 0.00833. The Labute approximate surface area is 152 Å². The lowest BCUT2D eigenvalue weighted by molar-refractivity contribution is -0.152. The van der Waals surface area contributed by atoms with E-state index in [1.165, 1.54) is 0 Å². The molecule has 2 atom stereocenters. The third kappa shape index (κ3) is 3.19. The third-order valence-electron chi connectivity index (χ3n) is 5.02. The Morgan fingerprint density at radius 2 is 1.92 bits per heavy atom. The summed E-state index contributed by atoms with van der Waals surface area (Å²) >= 11 is 1.61. The monoisotopic (exact) mass is 361 g/mol. The van der Waals surface area contributed by atoms with Gasteiger partial charge in [-0.2, -0.15) is 0 Å². The lowest BCUT2D eigenvalue weighted by atomic mass is 9.97. The van der Waals surface area contributed by atoms with Gasteiger partial charge in [-0.25, -0.2) is 4.79 Å². The van der Waals surface area contributed by atoms with Gasteiger partial charge in [-0.05, 0) is 45.2 Å². The zero-order valence-corrected chi connectivity index (χ0v) is 15.9. The Kier molecular flexibility index (Phi) is 4.66. The van der Waals surface area contributed by atoms with Crippen LogP contribution in [0.15, 0.2) is 12.1 Å². The number of carbonyl (C=O) groups excluding carboxylic acids is 3. The molecule has 1 aromatic rings. The number of fused-ring (bicyclic) bond motifs is 1. The molecule has 134 valence electrons. The molecule has 6 heteroatoms. The first kappa shape index (κ1) is 18.0. The second-order valence-corrected chi connectivity index (χ2v) is 8.57. The number of hydrogen-bond acceptors (Lipinski definition) is 5. The topological polar surface area (TPSA) is 63.7 Å². The number of aryl methyl sites for hydroxylation is 3. The molecule has 3 rings (SSSR count). The lowest BCUT2D eigenvalue weighted by Gasteiger charge is -2.29. The van der Waals surface area contributed by atoms with Gasteiger partial charge >= 0.3 is 5.97 Å². The zero-order valence-electron chi connectivity index (χ0n) is 15.0. The highest BCUT2D eigenvalue weighted by atomic mass is 32.2. The molecule has 0 spiro atoms. The average molecular weight is 361 g/mol. The molecule has 5 nitrogen and oxygen atoms in total. The molecule has 2 saturated heterocycles. The molecule has 0 aliphatic carbocycles. The van der Waals surface area contributed by atoms with Crippen molar-refractivity contribution in [2.45, 2.75) is 51.4 Å². The molecule has 2 fully saturated rings. The van der Waals surface area contributed by atoms with Crippen LogP contribution in [0.5, 0.6) is 0 Å². The maximum absolute atomic E-state index is 12.5. The molecule has 0 radical (unpaired) electrons. The van der Waals surface area contributed by atoms with E-state index < -0.39 is 12.0 Å². The van der Waals surface area contributed by atoms with Crippen molar-refractivity contribution < 1.29 is 19.1 Å². The number of ketones is 1. The van der Waals surface area contributed by atoms with Crippen molar-refractivity contribution in [3.05, 3.63) is 34.4 Å². The predicted molar refractivity (Wildman–Crippen MR) is 96.7 cm³/mol. The molecule has 2 heterocycles. The number of esters is 1. The van der Waals surface area contributed by atoms with Gasteiger partial charge in [0.2, 0.25) is 11.7 Å². The fourth-order valence-electron chi connectivity index (χ4n) is 3.92. The molecular weight excluding hydrogens is 338 g/mol. The second-order valence-electron chi connectivity index (χ2n) is 7.07. The van der Waals surface area contributed by atoms with Gasteiger partial charge in [-0.3, -0.25) is 9.59 Å².